The number of rotatable bonds is 10. The van der Waals surface area contributed by atoms with Crippen LogP contribution >= 0.6 is 0 Å². The van der Waals surface area contributed by atoms with Crippen molar-refractivity contribution in [1.82, 2.24) is 9.80 Å². The van der Waals surface area contributed by atoms with Crippen LogP contribution in [0.1, 0.15) is 209 Å². The van der Waals surface area contributed by atoms with E-state index in [-0.39, 0.29) is 38.6 Å². The molecule has 380 valence electrons. The van der Waals surface area contributed by atoms with E-state index in [2.05, 4.69) is 141 Å². The number of hydrogen-bond donors (Lipinski definition) is 3. The maximum atomic E-state index is 13.4. The molecule has 4 aliphatic rings. The lowest BCUT2D eigenvalue weighted by Gasteiger charge is -2.44. The Morgan fingerprint density at radius 2 is 1.03 bits per heavy atom. The lowest BCUT2D eigenvalue weighted by atomic mass is 9.61. The molecule has 1 atom stereocenters. The molecule has 0 aromatic heterocycles. The molecule has 0 fully saturated rings. The van der Waals surface area contributed by atoms with Gasteiger partial charge in [0.15, 0.2) is 5.78 Å². The van der Waals surface area contributed by atoms with Gasteiger partial charge in [-0.25, -0.2) is 9.59 Å². The van der Waals surface area contributed by atoms with Crippen LogP contribution in [0.15, 0.2) is 91.0 Å². The lowest BCUT2D eigenvalue weighted by Crippen LogP contribution is -2.37. The van der Waals surface area contributed by atoms with Gasteiger partial charge in [-0.15, -0.1) is 0 Å². The summed E-state index contributed by atoms with van der Waals surface area (Å²) in [7, 11) is 0. The van der Waals surface area contributed by atoms with Crippen LogP contribution in [0.25, 0.3) is 17.2 Å². The molecule has 0 spiro atoms. The van der Waals surface area contributed by atoms with E-state index in [1.807, 2.05) is 0 Å². The summed E-state index contributed by atoms with van der Waals surface area (Å²) in [5, 5.41) is 29.4. The minimum absolute atomic E-state index is 0.00542. The third kappa shape index (κ3) is 12.0. The molecule has 0 amide bonds. The second-order valence-corrected chi connectivity index (χ2v) is 23.8. The van der Waals surface area contributed by atoms with Gasteiger partial charge in [-0.1, -0.05) is 104 Å². The number of allylic oxidation sites excluding steroid dienone is 1. The molecule has 1 unspecified atom stereocenters. The Morgan fingerprint density at radius 3 is 1.47 bits per heavy atom. The number of aliphatic hydroxyl groups excluding tert-OH is 1. The highest BCUT2D eigenvalue weighted by Crippen LogP contribution is 2.51. The smallest absolute Gasteiger partial charge is 0.335 e. The maximum Gasteiger partial charge on any atom is 0.335 e. The van der Waals surface area contributed by atoms with E-state index in [1.165, 1.54) is 56.7 Å². The number of carboxylic acids is 2. The number of carbonyl (C=O) groups excluding carboxylic acids is 1. The number of nitrogens with zero attached hydrogens (tertiary/aromatic N) is 2. The van der Waals surface area contributed by atoms with Gasteiger partial charge in [-0.3, -0.25) is 14.6 Å². The van der Waals surface area contributed by atoms with Crippen molar-refractivity contribution in [3.63, 3.8) is 0 Å². The Bertz CT molecular complexity index is 2860. The molecule has 0 bridgehead atoms. The zero-order valence-corrected chi connectivity index (χ0v) is 45.0. The first-order valence-electron chi connectivity index (χ1n) is 26.1. The molecule has 0 saturated heterocycles. The second-order valence-electron chi connectivity index (χ2n) is 23.8. The molecule has 0 radical (unpaired) electrons. The Hall–Kier alpha value is -5.85. The fraction of sp³-hybridized carbons (Fsp3) is 0.453. The van der Waals surface area contributed by atoms with E-state index in [4.69, 9.17) is 10.2 Å². The van der Waals surface area contributed by atoms with Crippen LogP contribution in [-0.2, 0) is 21.7 Å². The monoisotopic (exact) mass is 971 g/mol. The first-order chi connectivity index (χ1) is 33.8. The molecule has 2 aliphatic carbocycles. The predicted molar refractivity (Wildman–Crippen MR) is 294 cm³/mol. The average Bonchev–Trinajstić information content (AvgIpc) is 3.35. The van der Waals surface area contributed by atoms with E-state index in [1.54, 1.807) is 48.6 Å². The third-order valence-electron chi connectivity index (χ3n) is 16.2. The predicted octanol–water partition coefficient (Wildman–Crippen LogP) is 13.4. The first-order valence-corrected chi connectivity index (χ1v) is 26.1. The second kappa shape index (κ2) is 21.3. The van der Waals surface area contributed by atoms with Crippen LogP contribution in [-0.4, -0.2) is 81.1 Å². The number of benzene rings is 4. The third-order valence-corrected chi connectivity index (χ3v) is 16.2. The van der Waals surface area contributed by atoms with E-state index in [9.17, 15) is 19.5 Å². The summed E-state index contributed by atoms with van der Waals surface area (Å²) in [4.78, 5) is 40.6. The topological polar surface area (TPSA) is 118 Å². The van der Waals surface area contributed by atoms with E-state index >= 15 is 0 Å². The molecule has 2 heterocycles. The SMILES string of the molecule is CC(C)N1CC=C(c2cc(C(=O)C=Cc3ccc(C(=O)O)cc3)cc3c2C(C)(C)CCC3(C)C)CC1.CC(C)N1CC=C(c2cc(C(O)C#Cc3ccc(C(=O)O)cc3)cc3c2C(C)(C)CCC3(C)C)CC1. The fourth-order valence-corrected chi connectivity index (χ4v) is 11.1. The van der Waals surface area contributed by atoms with Crippen LogP contribution < -0.4 is 0 Å². The van der Waals surface area contributed by atoms with Gasteiger partial charge in [-0.05, 0) is 204 Å². The van der Waals surface area contributed by atoms with Gasteiger partial charge >= 0.3 is 11.9 Å². The zero-order valence-electron chi connectivity index (χ0n) is 45.0. The summed E-state index contributed by atoms with van der Waals surface area (Å²) in [6, 6.07) is 22.7. The van der Waals surface area contributed by atoms with Crippen molar-refractivity contribution in [2.75, 3.05) is 26.2 Å². The number of aromatic carboxylic acids is 2. The molecule has 0 saturated carbocycles. The highest BCUT2D eigenvalue weighted by Gasteiger charge is 2.41. The lowest BCUT2D eigenvalue weighted by molar-refractivity contribution is 0.0686. The molecule has 4 aromatic rings. The van der Waals surface area contributed by atoms with E-state index in [0.29, 0.717) is 17.6 Å². The van der Waals surface area contributed by atoms with Crippen LogP contribution in [0.4, 0.5) is 0 Å². The molecule has 8 heteroatoms. The van der Waals surface area contributed by atoms with Crippen molar-refractivity contribution < 1.29 is 29.7 Å². The van der Waals surface area contributed by atoms with Crippen LogP contribution in [0, 0.1) is 11.8 Å². The zero-order chi connectivity index (χ0) is 52.5. The Morgan fingerprint density at radius 1 is 0.583 bits per heavy atom. The highest BCUT2D eigenvalue weighted by molar-refractivity contribution is 6.07. The Labute approximate surface area is 430 Å². The molecule has 2 aliphatic heterocycles. The minimum atomic E-state index is -0.963. The average molecular weight is 971 g/mol. The summed E-state index contributed by atoms with van der Waals surface area (Å²) in [5.41, 5.74) is 14.4. The summed E-state index contributed by atoms with van der Waals surface area (Å²) < 4.78 is 0. The van der Waals surface area contributed by atoms with Gasteiger partial charge in [0.2, 0.25) is 0 Å². The van der Waals surface area contributed by atoms with Crippen molar-refractivity contribution in [2.24, 2.45) is 0 Å². The van der Waals surface area contributed by atoms with Gasteiger partial charge < -0.3 is 15.3 Å². The summed E-state index contributed by atoms with van der Waals surface area (Å²) in [5.74, 6) is 4.08. The summed E-state index contributed by atoms with van der Waals surface area (Å²) >= 11 is 0. The van der Waals surface area contributed by atoms with Crippen LogP contribution in [0.2, 0.25) is 0 Å². The molecule has 8 rings (SSSR count). The fourth-order valence-electron chi connectivity index (χ4n) is 11.1. The van der Waals surface area contributed by atoms with Crippen molar-refractivity contribution >= 4 is 34.9 Å². The van der Waals surface area contributed by atoms with E-state index < -0.39 is 18.0 Å². The van der Waals surface area contributed by atoms with Gasteiger partial charge in [-0.2, -0.15) is 0 Å². The van der Waals surface area contributed by atoms with Gasteiger partial charge in [0.25, 0.3) is 0 Å². The number of carboxylic acid groups (broad SMARTS) is 2. The number of fused-ring (bicyclic) bond motifs is 2. The number of carbonyl (C=O) groups is 3. The van der Waals surface area contributed by atoms with Crippen molar-refractivity contribution in [3.05, 3.63) is 158 Å². The van der Waals surface area contributed by atoms with Gasteiger partial charge in [0, 0.05) is 49.4 Å². The van der Waals surface area contributed by atoms with Gasteiger partial charge in [0.1, 0.15) is 6.10 Å². The standard InChI is InChI=1S/2C32H39NO3/c2*1-21(2)33-17-13-23(14-18-33)26-19-25(20-27-29(26)32(5,6)16-15-31(27,3)4)28(34)12-9-22-7-10-24(11-8-22)30(35)36/h7-8,10-11,13,19-21,28,34H,14-18H2,1-6H3,(H,35,36);7-13,19-21H,14-18H2,1-6H3,(H,35,36). The molecule has 72 heavy (non-hydrogen) atoms. The highest BCUT2D eigenvalue weighted by atomic mass is 16.4. The van der Waals surface area contributed by atoms with E-state index in [0.717, 1.165) is 81.4 Å². The summed E-state index contributed by atoms with van der Waals surface area (Å²) in [6.07, 6.45) is 13.7. The molecule has 3 N–H and O–H groups in total. The Balaban J connectivity index is 0.000000211. The van der Waals surface area contributed by atoms with Crippen LogP contribution in [0.3, 0.4) is 0 Å². The van der Waals surface area contributed by atoms with Crippen LogP contribution in [0.5, 0.6) is 0 Å². The summed E-state index contributed by atoms with van der Waals surface area (Å²) in [6.45, 7) is 31.6. The minimum Gasteiger partial charge on any atom is -0.478 e. The van der Waals surface area contributed by atoms with Crippen molar-refractivity contribution in [1.29, 1.82) is 0 Å². The quantitative estimate of drug-likeness (QED) is 0.0817. The van der Waals surface area contributed by atoms with Crippen molar-refractivity contribution in [2.45, 2.75) is 161 Å². The largest absolute Gasteiger partial charge is 0.478 e. The Kier molecular flexibility index (Phi) is 16.0. The molecular weight excluding hydrogens is 893 g/mol. The maximum absolute atomic E-state index is 13.4. The normalized spacial score (nSPS) is 19.4. The molecule has 4 aromatic carbocycles. The number of ketones is 1. The first kappa shape index (κ1) is 53.9. The van der Waals surface area contributed by atoms with Gasteiger partial charge in [0.05, 0.1) is 11.1 Å². The number of hydrogen-bond acceptors (Lipinski definition) is 6. The van der Waals surface area contributed by atoms with Crippen molar-refractivity contribution in [3.8, 4) is 11.8 Å². The molecule has 8 nitrogen and oxygen atoms in total. The molecular formula is C64H78N2O6. The number of aliphatic hydroxyl groups is 1.